The van der Waals surface area contributed by atoms with Crippen molar-refractivity contribution < 1.29 is 13.2 Å². The van der Waals surface area contributed by atoms with Gasteiger partial charge in [-0.05, 0) is 73.1 Å². The largest absolute Gasteiger partial charge is 0.329 e. The molecule has 1 amide bonds. The maximum Gasteiger partial charge on any atom is 0.264 e. The number of rotatable bonds is 8. The molecule has 2 aromatic carbocycles. The van der Waals surface area contributed by atoms with Gasteiger partial charge in [-0.3, -0.25) is 9.10 Å². The first kappa shape index (κ1) is 27.0. The zero-order valence-electron chi connectivity index (χ0n) is 22.2. The summed E-state index contributed by atoms with van der Waals surface area (Å²) in [5.74, 6) is -0.420. The van der Waals surface area contributed by atoms with Gasteiger partial charge in [-0.1, -0.05) is 47.9 Å². The molecule has 1 saturated carbocycles. The predicted molar refractivity (Wildman–Crippen MR) is 152 cm³/mol. The van der Waals surface area contributed by atoms with E-state index in [-0.39, 0.29) is 17.4 Å². The lowest BCUT2D eigenvalue weighted by Gasteiger charge is -2.31. The van der Waals surface area contributed by atoms with Gasteiger partial charge in [0.2, 0.25) is 5.91 Å². The van der Waals surface area contributed by atoms with Crippen molar-refractivity contribution in [2.45, 2.75) is 80.9 Å². The Morgan fingerprint density at radius 1 is 1.05 bits per heavy atom. The van der Waals surface area contributed by atoms with Gasteiger partial charge in [0.05, 0.1) is 16.6 Å². The average molecular weight is 581 g/mol. The van der Waals surface area contributed by atoms with Crippen LogP contribution in [0, 0.1) is 0 Å². The highest BCUT2D eigenvalue weighted by atomic mass is 35.5. The highest BCUT2D eigenvalue weighted by molar-refractivity contribution is 7.89. The first-order valence-corrected chi connectivity index (χ1v) is 15.7. The van der Waals surface area contributed by atoms with Crippen molar-refractivity contribution in [1.29, 1.82) is 0 Å². The molecule has 2 heterocycles. The number of sulfonamides is 1. The van der Waals surface area contributed by atoms with E-state index in [4.69, 9.17) is 11.6 Å². The minimum absolute atomic E-state index is 0.0517. The van der Waals surface area contributed by atoms with Gasteiger partial charge in [0.25, 0.3) is 10.0 Å². The van der Waals surface area contributed by atoms with E-state index in [0.29, 0.717) is 16.8 Å². The summed E-state index contributed by atoms with van der Waals surface area (Å²) in [6.07, 6.45) is 12.9. The van der Waals surface area contributed by atoms with Crippen LogP contribution in [0.3, 0.4) is 0 Å². The molecule has 0 saturated heterocycles. The number of nitrogens with one attached hydrogen (secondary N) is 2. The standard InChI is InChI=1S/C29H33ClN6O3S/c30-22-9-11-25(12-10-22)40(38,39)36-15-14-31-29(37)28(36)17-24-19-35(34-33-24)27-7-3-4-21-16-20(8-13-26(21)27)18-32-23-5-1-2-6-23/h8-16,19,23,27-28,32H,1-7,17-18H2,(H,31,37)/t27?,28-/m1/s1. The SMILES string of the molecule is O=C1NC=CN(S(=O)(=O)c2ccc(Cl)cc2)[C@@H]1Cc1cn(C2CCCc3cc(CNC4CCCC4)ccc32)nn1. The Kier molecular flexibility index (Phi) is 7.65. The topological polar surface area (TPSA) is 109 Å². The number of amides is 1. The summed E-state index contributed by atoms with van der Waals surface area (Å²) in [6, 6.07) is 12.3. The van der Waals surface area contributed by atoms with Crippen LogP contribution in [0.25, 0.3) is 0 Å². The summed E-state index contributed by atoms with van der Waals surface area (Å²) in [4.78, 5) is 12.9. The van der Waals surface area contributed by atoms with E-state index in [9.17, 15) is 13.2 Å². The van der Waals surface area contributed by atoms with Crippen LogP contribution in [0.15, 0.2) is 66.0 Å². The monoisotopic (exact) mass is 580 g/mol. The molecule has 2 N–H and O–H groups in total. The highest BCUT2D eigenvalue weighted by Crippen LogP contribution is 2.33. The summed E-state index contributed by atoms with van der Waals surface area (Å²) < 4.78 is 29.7. The number of fused-ring (bicyclic) bond motifs is 1. The van der Waals surface area contributed by atoms with Crippen LogP contribution < -0.4 is 10.6 Å². The molecule has 11 heteroatoms. The number of halogens is 1. The first-order chi connectivity index (χ1) is 19.4. The molecular weight excluding hydrogens is 548 g/mol. The summed E-state index contributed by atoms with van der Waals surface area (Å²) in [7, 11) is -3.98. The minimum atomic E-state index is -3.98. The van der Waals surface area contributed by atoms with Gasteiger partial charge in [0, 0.05) is 42.6 Å². The molecular formula is C29H33ClN6O3S. The molecule has 3 aliphatic rings. The zero-order valence-corrected chi connectivity index (χ0v) is 23.7. The number of aromatic nitrogens is 3. The van der Waals surface area contributed by atoms with Crippen LogP contribution in [-0.2, 0) is 34.2 Å². The van der Waals surface area contributed by atoms with E-state index in [0.717, 1.165) is 30.1 Å². The lowest BCUT2D eigenvalue weighted by Crippen LogP contribution is -2.50. The Bertz CT molecular complexity index is 1510. The molecule has 1 unspecified atom stereocenters. The van der Waals surface area contributed by atoms with Crippen molar-refractivity contribution in [2.24, 2.45) is 0 Å². The smallest absolute Gasteiger partial charge is 0.264 e. The van der Waals surface area contributed by atoms with Crippen LogP contribution in [-0.4, -0.2) is 45.7 Å². The summed E-state index contributed by atoms with van der Waals surface area (Å²) in [6.45, 7) is 0.892. The molecule has 1 fully saturated rings. The number of carbonyl (C=O) groups is 1. The van der Waals surface area contributed by atoms with Crippen LogP contribution in [0.1, 0.15) is 67.0 Å². The Labute approximate surface area is 239 Å². The van der Waals surface area contributed by atoms with Gasteiger partial charge in [0.15, 0.2) is 0 Å². The molecule has 2 aliphatic carbocycles. The highest BCUT2D eigenvalue weighted by Gasteiger charge is 2.36. The van der Waals surface area contributed by atoms with Crippen molar-refractivity contribution >= 4 is 27.5 Å². The Balaban J connectivity index is 1.19. The van der Waals surface area contributed by atoms with E-state index in [2.05, 4.69) is 39.1 Å². The van der Waals surface area contributed by atoms with Crippen molar-refractivity contribution in [3.8, 4) is 0 Å². The molecule has 2 atom stereocenters. The molecule has 40 heavy (non-hydrogen) atoms. The molecule has 0 spiro atoms. The van der Waals surface area contributed by atoms with Gasteiger partial charge in [-0.25, -0.2) is 13.1 Å². The lowest BCUT2D eigenvalue weighted by molar-refractivity contribution is -0.124. The second-order valence-corrected chi connectivity index (χ2v) is 13.1. The van der Waals surface area contributed by atoms with Crippen LogP contribution in [0.4, 0.5) is 0 Å². The van der Waals surface area contributed by atoms with E-state index in [1.807, 2.05) is 10.9 Å². The van der Waals surface area contributed by atoms with Crippen molar-refractivity contribution in [2.75, 3.05) is 0 Å². The lowest BCUT2D eigenvalue weighted by atomic mass is 9.86. The quantitative estimate of drug-likeness (QED) is 0.415. The van der Waals surface area contributed by atoms with Gasteiger partial charge in [-0.2, -0.15) is 0 Å². The molecule has 1 aliphatic heterocycles. The van der Waals surface area contributed by atoms with E-state index in [1.54, 1.807) is 0 Å². The van der Waals surface area contributed by atoms with Crippen LogP contribution in [0.2, 0.25) is 5.02 Å². The van der Waals surface area contributed by atoms with Crippen molar-refractivity contribution in [3.63, 3.8) is 0 Å². The van der Waals surface area contributed by atoms with Gasteiger partial charge >= 0.3 is 0 Å². The second kappa shape index (κ2) is 11.3. The zero-order chi connectivity index (χ0) is 27.7. The Morgan fingerprint density at radius 2 is 1.85 bits per heavy atom. The van der Waals surface area contributed by atoms with Gasteiger partial charge in [0.1, 0.15) is 6.04 Å². The molecule has 6 rings (SSSR count). The van der Waals surface area contributed by atoms with Crippen molar-refractivity contribution in [1.82, 2.24) is 29.9 Å². The molecule has 3 aromatic rings. The fourth-order valence-electron chi connectivity index (χ4n) is 6.04. The summed E-state index contributed by atoms with van der Waals surface area (Å²) in [5.41, 5.74) is 4.45. The number of hydrogen-bond acceptors (Lipinski definition) is 6. The molecule has 210 valence electrons. The number of benzene rings is 2. The third-order valence-electron chi connectivity index (χ3n) is 8.17. The van der Waals surface area contributed by atoms with Gasteiger partial charge in [-0.15, -0.1) is 5.10 Å². The van der Waals surface area contributed by atoms with E-state index in [1.165, 1.54) is 79.0 Å². The fraction of sp³-hybridized carbons (Fsp3) is 0.414. The Morgan fingerprint density at radius 3 is 2.65 bits per heavy atom. The third kappa shape index (κ3) is 5.53. The third-order valence-corrected chi connectivity index (χ3v) is 10.2. The first-order valence-electron chi connectivity index (χ1n) is 13.9. The van der Waals surface area contributed by atoms with Crippen LogP contribution in [0.5, 0.6) is 0 Å². The molecule has 0 radical (unpaired) electrons. The van der Waals surface area contributed by atoms with E-state index < -0.39 is 22.0 Å². The number of aryl methyl sites for hydroxylation is 1. The number of carbonyl (C=O) groups excluding carboxylic acids is 1. The molecule has 9 nitrogen and oxygen atoms in total. The molecule has 1 aromatic heterocycles. The second-order valence-electron chi connectivity index (χ2n) is 10.8. The summed E-state index contributed by atoms with van der Waals surface area (Å²) >= 11 is 5.94. The number of nitrogens with zero attached hydrogens (tertiary/aromatic N) is 4. The maximum absolute atomic E-state index is 13.4. The van der Waals surface area contributed by atoms with Crippen LogP contribution >= 0.6 is 11.6 Å². The molecule has 0 bridgehead atoms. The van der Waals surface area contributed by atoms with Crippen molar-refractivity contribution in [3.05, 3.63) is 88.5 Å². The fourth-order valence-corrected chi connectivity index (χ4v) is 7.62. The number of hydrogen-bond donors (Lipinski definition) is 2. The predicted octanol–water partition coefficient (Wildman–Crippen LogP) is 4.09. The normalized spacial score (nSPS) is 21.4. The maximum atomic E-state index is 13.4. The summed E-state index contributed by atoms with van der Waals surface area (Å²) in [5, 5.41) is 15.5. The van der Waals surface area contributed by atoms with E-state index >= 15 is 0 Å². The van der Waals surface area contributed by atoms with Gasteiger partial charge < -0.3 is 10.6 Å². The Hall–Kier alpha value is -3.21. The minimum Gasteiger partial charge on any atom is -0.329 e. The average Bonchev–Trinajstić information content (AvgIpc) is 3.65.